The van der Waals surface area contributed by atoms with E-state index >= 15 is 0 Å². The molecule has 0 radical (unpaired) electrons. The fourth-order valence-electron chi connectivity index (χ4n) is 2.58. The Bertz CT molecular complexity index is 748. The van der Waals surface area contributed by atoms with Gasteiger partial charge < -0.3 is 9.84 Å². The number of hydrogen-bond acceptors (Lipinski definition) is 4. The molecule has 5 nitrogen and oxygen atoms in total. The summed E-state index contributed by atoms with van der Waals surface area (Å²) in [6, 6.07) is 1.20. The Morgan fingerprint density at radius 2 is 2.00 bits per heavy atom. The van der Waals surface area contributed by atoms with Crippen molar-refractivity contribution in [2.45, 2.75) is 52.2 Å². The molecule has 0 fully saturated rings. The number of halogens is 1. The molecule has 0 unspecified atom stereocenters. The second kappa shape index (κ2) is 8.27. The van der Waals surface area contributed by atoms with E-state index in [1.54, 1.807) is 39.0 Å². The van der Waals surface area contributed by atoms with Crippen LogP contribution in [0.5, 0.6) is 0 Å². The number of rotatable bonds is 4. The molecule has 2 rings (SSSR count). The average molecular weight is 360 g/mol. The lowest BCUT2D eigenvalue weighted by Gasteiger charge is -2.32. The van der Waals surface area contributed by atoms with Gasteiger partial charge in [-0.1, -0.05) is 25.5 Å². The number of nitrogens with zero attached hydrogens (tertiary/aromatic N) is 2. The van der Waals surface area contributed by atoms with E-state index in [0.717, 1.165) is 12.6 Å². The lowest BCUT2D eigenvalue weighted by Crippen LogP contribution is -2.37. The Hall–Kier alpha value is -2.47. The molecule has 26 heavy (non-hydrogen) atoms. The number of carbonyl (C=O) groups is 1. The molecule has 0 aromatic carbocycles. The SMILES string of the molecule is CCCC1=CC=CC=C([C@H](O)c2cncc(F)c2)N1C(=O)OC(C)(C)C. The van der Waals surface area contributed by atoms with Crippen LogP contribution < -0.4 is 0 Å². The van der Waals surface area contributed by atoms with E-state index in [-0.39, 0.29) is 5.56 Å². The summed E-state index contributed by atoms with van der Waals surface area (Å²) >= 11 is 0. The first-order valence-electron chi connectivity index (χ1n) is 8.62. The summed E-state index contributed by atoms with van der Waals surface area (Å²) < 4.78 is 19.1. The van der Waals surface area contributed by atoms with Crippen molar-refractivity contribution >= 4 is 6.09 Å². The summed E-state index contributed by atoms with van der Waals surface area (Å²) in [6.07, 6.45) is 9.01. The minimum Gasteiger partial charge on any atom is -0.443 e. The zero-order valence-electron chi connectivity index (χ0n) is 15.6. The van der Waals surface area contributed by atoms with E-state index in [1.807, 2.05) is 13.0 Å². The highest BCUT2D eigenvalue weighted by molar-refractivity contribution is 5.74. The monoisotopic (exact) mass is 360 g/mol. The van der Waals surface area contributed by atoms with Gasteiger partial charge in [-0.25, -0.2) is 9.18 Å². The van der Waals surface area contributed by atoms with E-state index < -0.39 is 23.6 Å². The van der Waals surface area contributed by atoms with E-state index in [1.165, 1.54) is 17.2 Å². The second-order valence-electron chi connectivity index (χ2n) is 7.04. The van der Waals surface area contributed by atoms with Crippen molar-refractivity contribution in [3.8, 4) is 0 Å². The van der Waals surface area contributed by atoms with Gasteiger partial charge in [-0.2, -0.15) is 0 Å². The molecule has 140 valence electrons. The van der Waals surface area contributed by atoms with E-state index in [9.17, 15) is 14.3 Å². The third kappa shape index (κ3) is 5.02. The average Bonchev–Trinajstić information content (AvgIpc) is 2.75. The summed E-state index contributed by atoms with van der Waals surface area (Å²) in [5, 5.41) is 10.8. The summed E-state index contributed by atoms with van der Waals surface area (Å²) in [6.45, 7) is 7.33. The third-order valence-corrected chi connectivity index (χ3v) is 3.62. The lowest BCUT2D eigenvalue weighted by molar-refractivity contribution is 0.0311. The zero-order chi connectivity index (χ0) is 19.3. The summed E-state index contributed by atoms with van der Waals surface area (Å²) in [7, 11) is 0. The lowest BCUT2D eigenvalue weighted by atomic mass is 10.1. The maximum atomic E-state index is 13.5. The van der Waals surface area contributed by atoms with Gasteiger partial charge in [-0.15, -0.1) is 0 Å². The van der Waals surface area contributed by atoms with Crippen LogP contribution in [0.2, 0.25) is 0 Å². The van der Waals surface area contributed by atoms with Gasteiger partial charge in [0.05, 0.1) is 11.9 Å². The predicted octanol–water partition coefficient (Wildman–Crippen LogP) is 4.63. The van der Waals surface area contributed by atoms with Crippen LogP contribution >= 0.6 is 0 Å². The van der Waals surface area contributed by atoms with Crippen molar-refractivity contribution < 1.29 is 19.0 Å². The van der Waals surface area contributed by atoms with Gasteiger partial charge in [0.15, 0.2) is 0 Å². The van der Waals surface area contributed by atoms with Crippen molar-refractivity contribution in [1.82, 2.24) is 9.88 Å². The number of allylic oxidation sites excluding steroid dienone is 5. The van der Waals surface area contributed by atoms with E-state index in [0.29, 0.717) is 17.8 Å². The highest BCUT2D eigenvalue weighted by Gasteiger charge is 2.31. The highest BCUT2D eigenvalue weighted by atomic mass is 19.1. The molecule has 1 aliphatic heterocycles. The number of hydrogen-bond donors (Lipinski definition) is 1. The minimum atomic E-state index is -1.23. The van der Waals surface area contributed by atoms with Crippen LogP contribution in [0.25, 0.3) is 0 Å². The van der Waals surface area contributed by atoms with Crippen LogP contribution in [-0.2, 0) is 4.74 Å². The molecule has 6 heteroatoms. The van der Waals surface area contributed by atoms with Crippen LogP contribution in [0.15, 0.2) is 54.2 Å². The van der Waals surface area contributed by atoms with Crippen LogP contribution in [0.4, 0.5) is 9.18 Å². The number of amides is 1. The van der Waals surface area contributed by atoms with Gasteiger partial charge in [0.2, 0.25) is 0 Å². The van der Waals surface area contributed by atoms with Gasteiger partial charge >= 0.3 is 6.09 Å². The first kappa shape index (κ1) is 19.8. The fraction of sp³-hybridized carbons (Fsp3) is 0.400. The molecule has 0 aliphatic carbocycles. The van der Waals surface area contributed by atoms with Gasteiger partial charge in [0, 0.05) is 17.5 Å². The molecule has 1 atom stereocenters. The van der Waals surface area contributed by atoms with Gasteiger partial charge in [0.1, 0.15) is 17.5 Å². The molecule has 2 heterocycles. The summed E-state index contributed by atoms with van der Waals surface area (Å²) in [5.74, 6) is -0.556. The Balaban J connectivity index is 2.45. The maximum Gasteiger partial charge on any atom is 0.419 e. The Morgan fingerprint density at radius 3 is 2.62 bits per heavy atom. The molecule has 0 spiro atoms. The molecule has 1 aromatic rings. The molecule has 1 aliphatic rings. The Labute approximate surface area is 153 Å². The first-order chi connectivity index (χ1) is 12.2. The molecule has 0 saturated heterocycles. The Kier molecular flexibility index (Phi) is 6.32. The standard InChI is InChI=1S/C20H25FN2O3/c1-5-8-16-9-6-7-10-17(23(16)19(25)26-20(2,3)4)18(24)14-11-15(21)13-22-12-14/h6-7,9-13,18,24H,5,8H2,1-4H3/t18-/m1/s1. The molecule has 1 aromatic heterocycles. The third-order valence-electron chi connectivity index (χ3n) is 3.62. The van der Waals surface area contributed by atoms with E-state index in [4.69, 9.17) is 4.74 Å². The van der Waals surface area contributed by atoms with Crippen molar-refractivity contribution in [2.24, 2.45) is 0 Å². The molecular weight excluding hydrogens is 335 g/mol. The van der Waals surface area contributed by atoms with Crippen molar-refractivity contribution in [3.63, 3.8) is 0 Å². The first-order valence-corrected chi connectivity index (χ1v) is 8.62. The van der Waals surface area contributed by atoms with Gasteiger partial charge in [-0.05, 0) is 45.4 Å². The normalized spacial score (nSPS) is 15.8. The van der Waals surface area contributed by atoms with Crippen LogP contribution in [0.1, 0.15) is 52.2 Å². The molecule has 1 N–H and O–H groups in total. The molecule has 0 saturated carbocycles. The van der Waals surface area contributed by atoms with E-state index in [2.05, 4.69) is 4.98 Å². The number of ether oxygens (including phenoxy) is 1. The van der Waals surface area contributed by atoms with Crippen LogP contribution in [0, 0.1) is 5.82 Å². The minimum absolute atomic E-state index is 0.260. The summed E-state index contributed by atoms with van der Waals surface area (Å²) in [4.78, 5) is 18.0. The van der Waals surface area contributed by atoms with Gasteiger partial charge in [0.25, 0.3) is 0 Å². The molecular formula is C20H25FN2O3. The largest absolute Gasteiger partial charge is 0.443 e. The van der Waals surface area contributed by atoms with Crippen molar-refractivity contribution in [3.05, 3.63) is 65.5 Å². The molecule has 1 amide bonds. The predicted molar refractivity (Wildman–Crippen MR) is 97.4 cm³/mol. The smallest absolute Gasteiger partial charge is 0.419 e. The maximum absolute atomic E-state index is 13.5. The Morgan fingerprint density at radius 1 is 1.31 bits per heavy atom. The molecule has 0 bridgehead atoms. The topological polar surface area (TPSA) is 62.7 Å². The summed E-state index contributed by atoms with van der Waals surface area (Å²) in [5.41, 5.74) is 0.561. The van der Waals surface area contributed by atoms with Crippen LogP contribution in [0.3, 0.4) is 0 Å². The number of carbonyl (C=O) groups excluding carboxylic acids is 1. The number of aliphatic hydroxyl groups is 1. The second-order valence-corrected chi connectivity index (χ2v) is 7.04. The zero-order valence-corrected chi connectivity index (χ0v) is 15.6. The van der Waals surface area contributed by atoms with Crippen molar-refractivity contribution in [2.75, 3.05) is 0 Å². The highest BCUT2D eigenvalue weighted by Crippen LogP contribution is 2.32. The number of aromatic nitrogens is 1. The fourth-order valence-corrected chi connectivity index (χ4v) is 2.58. The number of aliphatic hydroxyl groups excluding tert-OH is 1. The number of pyridine rings is 1. The van der Waals surface area contributed by atoms with Gasteiger partial charge in [-0.3, -0.25) is 9.88 Å². The van der Waals surface area contributed by atoms with Crippen molar-refractivity contribution in [1.29, 1.82) is 0 Å². The quantitative estimate of drug-likeness (QED) is 0.850. The van der Waals surface area contributed by atoms with Crippen LogP contribution in [-0.4, -0.2) is 26.7 Å².